The number of pyridine rings is 1. The molecule has 2 aromatic heterocycles. The molecule has 0 aliphatic rings. The normalized spacial score (nSPS) is 10.9. The van der Waals surface area contributed by atoms with Crippen LogP contribution in [0.15, 0.2) is 34.7 Å². The number of rotatable bonds is 3. The highest BCUT2D eigenvalue weighted by Gasteiger charge is 2.23. The van der Waals surface area contributed by atoms with Gasteiger partial charge in [-0.05, 0) is 24.3 Å². The zero-order valence-electron chi connectivity index (χ0n) is 11.4. The van der Waals surface area contributed by atoms with Crippen molar-refractivity contribution < 1.29 is 13.9 Å². The summed E-state index contributed by atoms with van der Waals surface area (Å²) in [4.78, 5) is 16.7. The Kier molecular flexibility index (Phi) is 3.68. The Balaban J connectivity index is 2.13. The Hall–Kier alpha value is -2.24. The van der Waals surface area contributed by atoms with E-state index in [9.17, 15) is 4.79 Å². The number of carbonyl (C=O) groups excluding carboxylic acids is 1. The predicted octanol–water partition coefficient (Wildman–Crippen LogP) is 3.96. The van der Waals surface area contributed by atoms with E-state index in [1.54, 1.807) is 18.2 Å². The maximum atomic E-state index is 12.6. The average molecular weight is 337 g/mol. The highest BCUT2D eigenvalue weighted by atomic mass is 35.5. The van der Waals surface area contributed by atoms with E-state index in [2.05, 4.69) is 4.98 Å². The number of nitrogens with two attached hydrogens (primary N) is 1. The highest BCUT2D eigenvalue weighted by molar-refractivity contribution is 6.37. The van der Waals surface area contributed by atoms with Gasteiger partial charge < -0.3 is 14.9 Å². The van der Waals surface area contributed by atoms with Crippen LogP contribution >= 0.6 is 23.2 Å². The maximum Gasteiger partial charge on any atom is 0.232 e. The summed E-state index contributed by atoms with van der Waals surface area (Å²) in [6, 6.07) is 7.89. The number of methoxy groups -OCH3 is 1. The summed E-state index contributed by atoms with van der Waals surface area (Å²) in [6.45, 7) is 0. The zero-order valence-corrected chi connectivity index (χ0v) is 12.9. The van der Waals surface area contributed by atoms with Crippen LogP contribution in [0.4, 0.5) is 5.69 Å². The van der Waals surface area contributed by atoms with Crippen molar-refractivity contribution >= 4 is 45.8 Å². The first-order valence-electron chi connectivity index (χ1n) is 6.24. The molecular formula is C15H10Cl2N2O3. The third kappa shape index (κ3) is 2.38. The van der Waals surface area contributed by atoms with Crippen molar-refractivity contribution in [2.24, 2.45) is 0 Å². The summed E-state index contributed by atoms with van der Waals surface area (Å²) in [5.41, 5.74) is 6.67. The molecule has 1 aromatic carbocycles. The van der Waals surface area contributed by atoms with Crippen LogP contribution in [0, 0.1) is 0 Å². The standard InChI is InChI=1S/C15H10Cl2N2O3/c1-21-11-5-4-9-12(18)14(22-15(9)19-11)13(20)8-3-2-7(16)6-10(8)17/h2-6H,18H2,1H3. The third-order valence-corrected chi connectivity index (χ3v) is 3.71. The van der Waals surface area contributed by atoms with Gasteiger partial charge in [0.1, 0.15) is 0 Å². The van der Waals surface area contributed by atoms with Crippen LogP contribution in [0.25, 0.3) is 11.1 Å². The van der Waals surface area contributed by atoms with E-state index in [-0.39, 0.29) is 27.7 Å². The van der Waals surface area contributed by atoms with E-state index in [1.165, 1.54) is 19.2 Å². The molecular weight excluding hydrogens is 327 g/mol. The molecule has 22 heavy (non-hydrogen) atoms. The van der Waals surface area contributed by atoms with E-state index in [0.717, 1.165) is 0 Å². The van der Waals surface area contributed by atoms with Gasteiger partial charge in [-0.1, -0.05) is 23.2 Å². The molecule has 0 aliphatic carbocycles. The number of ether oxygens (including phenoxy) is 1. The second kappa shape index (κ2) is 5.51. The number of aromatic nitrogens is 1. The molecule has 0 amide bonds. The lowest BCUT2D eigenvalue weighted by molar-refractivity contribution is 0.101. The van der Waals surface area contributed by atoms with Crippen molar-refractivity contribution in [2.45, 2.75) is 0 Å². The molecule has 0 spiro atoms. The van der Waals surface area contributed by atoms with Crippen LogP contribution in [0.2, 0.25) is 10.0 Å². The smallest absolute Gasteiger partial charge is 0.232 e. The fraction of sp³-hybridized carbons (Fsp3) is 0.0667. The van der Waals surface area contributed by atoms with Crippen LogP contribution in [0.3, 0.4) is 0 Å². The first kappa shape index (κ1) is 14.7. The number of nitrogens with zero attached hydrogens (tertiary/aromatic N) is 1. The Morgan fingerprint density at radius 2 is 2.05 bits per heavy atom. The van der Waals surface area contributed by atoms with Crippen LogP contribution in [0.5, 0.6) is 5.88 Å². The van der Waals surface area contributed by atoms with Crippen LogP contribution in [-0.4, -0.2) is 17.9 Å². The average Bonchev–Trinajstić information content (AvgIpc) is 2.83. The van der Waals surface area contributed by atoms with Crippen molar-refractivity contribution in [3.63, 3.8) is 0 Å². The lowest BCUT2D eigenvalue weighted by atomic mass is 10.1. The van der Waals surface area contributed by atoms with Gasteiger partial charge in [-0.2, -0.15) is 4.98 Å². The number of fused-ring (bicyclic) bond motifs is 1. The molecule has 0 bridgehead atoms. The number of furan rings is 1. The second-order valence-electron chi connectivity index (χ2n) is 4.50. The Morgan fingerprint density at radius 1 is 1.27 bits per heavy atom. The minimum atomic E-state index is -0.434. The molecule has 2 heterocycles. The number of hydrogen-bond donors (Lipinski definition) is 1. The zero-order chi connectivity index (χ0) is 15.9. The first-order valence-corrected chi connectivity index (χ1v) is 6.99. The molecule has 0 saturated heterocycles. The summed E-state index contributed by atoms with van der Waals surface area (Å²) < 4.78 is 10.5. The maximum absolute atomic E-state index is 12.6. The lowest BCUT2D eigenvalue weighted by Crippen LogP contribution is -2.03. The van der Waals surface area contributed by atoms with Gasteiger partial charge in [0.15, 0.2) is 0 Å². The summed E-state index contributed by atoms with van der Waals surface area (Å²) >= 11 is 11.9. The Bertz CT molecular complexity index is 890. The SMILES string of the molecule is COc1ccc2c(N)c(C(=O)c3ccc(Cl)cc3Cl)oc2n1. The van der Waals surface area contributed by atoms with Crippen molar-refractivity contribution in [3.8, 4) is 5.88 Å². The summed E-state index contributed by atoms with van der Waals surface area (Å²) in [6.07, 6.45) is 0. The van der Waals surface area contributed by atoms with Gasteiger partial charge in [0.2, 0.25) is 23.1 Å². The summed E-state index contributed by atoms with van der Waals surface area (Å²) in [5, 5.41) is 1.20. The van der Waals surface area contributed by atoms with Gasteiger partial charge in [-0.15, -0.1) is 0 Å². The molecule has 5 nitrogen and oxygen atoms in total. The van der Waals surface area contributed by atoms with E-state index < -0.39 is 5.78 Å². The molecule has 3 aromatic rings. The van der Waals surface area contributed by atoms with Crippen LogP contribution in [0.1, 0.15) is 16.1 Å². The van der Waals surface area contributed by atoms with Crippen molar-refractivity contribution in [1.29, 1.82) is 0 Å². The van der Waals surface area contributed by atoms with Gasteiger partial charge in [-0.25, -0.2) is 0 Å². The van der Waals surface area contributed by atoms with Gasteiger partial charge in [0.25, 0.3) is 0 Å². The van der Waals surface area contributed by atoms with Crippen LogP contribution < -0.4 is 10.5 Å². The molecule has 0 fully saturated rings. The lowest BCUT2D eigenvalue weighted by Gasteiger charge is -2.02. The van der Waals surface area contributed by atoms with Crippen molar-refractivity contribution in [1.82, 2.24) is 4.98 Å². The van der Waals surface area contributed by atoms with E-state index in [0.29, 0.717) is 16.3 Å². The molecule has 0 radical (unpaired) electrons. The molecule has 3 rings (SSSR count). The predicted molar refractivity (Wildman–Crippen MR) is 84.9 cm³/mol. The monoisotopic (exact) mass is 336 g/mol. The Morgan fingerprint density at radius 3 is 2.73 bits per heavy atom. The molecule has 112 valence electrons. The molecule has 0 atom stereocenters. The minimum Gasteiger partial charge on any atom is -0.481 e. The van der Waals surface area contributed by atoms with Gasteiger partial charge >= 0.3 is 0 Å². The molecule has 0 aliphatic heterocycles. The number of anilines is 1. The minimum absolute atomic E-state index is 0.0139. The Labute approximate surface area is 135 Å². The largest absolute Gasteiger partial charge is 0.481 e. The number of ketones is 1. The van der Waals surface area contributed by atoms with E-state index in [4.69, 9.17) is 38.1 Å². The fourth-order valence-corrected chi connectivity index (χ4v) is 2.55. The fourth-order valence-electron chi connectivity index (χ4n) is 2.06. The molecule has 2 N–H and O–H groups in total. The molecule has 7 heteroatoms. The first-order chi connectivity index (χ1) is 10.5. The summed E-state index contributed by atoms with van der Waals surface area (Å²) in [7, 11) is 1.49. The topological polar surface area (TPSA) is 78.4 Å². The third-order valence-electron chi connectivity index (χ3n) is 3.16. The van der Waals surface area contributed by atoms with Gasteiger partial charge in [-0.3, -0.25) is 4.79 Å². The van der Waals surface area contributed by atoms with E-state index >= 15 is 0 Å². The number of nitrogen functional groups attached to an aromatic ring is 1. The number of carbonyl (C=O) groups is 1. The number of hydrogen-bond acceptors (Lipinski definition) is 5. The van der Waals surface area contributed by atoms with Crippen molar-refractivity contribution in [2.75, 3.05) is 12.8 Å². The second-order valence-corrected chi connectivity index (χ2v) is 5.35. The van der Waals surface area contributed by atoms with E-state index in [1.807, 2.05) is 0 Å². The number of benzene rings is 1. The molecule has 0 saturated carbocycles. The highest BCUT2D eigenvalue weighted by Crippen LogP contribution is 2.32. The van der Waals surface area contributed by atoms with Crippen molar-refractivity contribution in [3.05, 3.63) is 51.7 Å². The molecule has 0 unspecified atom stereocenters. The van der Waals surface area contributed by atoms with Crippen LogP contribution in [-0.2, 0) is 0 Å². The van der Waals surface area contributed by atoms with Gasteiger partial charge in [0.05, 0.1) is 23.2 Å². The number of halogens is 2. The quantitative estimate of drug-likeness (QED) is 0.732. The van der Waals surface area contributed by atoms with Gasteiger partial charge in [0, 0.05) is 16.7 Å². The summed E-state index contributed by atoms with van der Waals surface area (Å²) in [5.74, 6) is -0.0825.